The Morgan fingerprint density at radius 1 is 1.16 bits per heavy atom. The van der Waals surface area contributed by atoms with Crippen molar-refractivity contribution in [2.24, 2.45) is 10.9 Å². The monoisotopic (exact) mass is 340 g/mol. The Morgan fingerprint density at radius 3 is 2.53 bits per heavy atom. The highest BCUT2D eigenvalue weighted by Gasteiger charge is 2.14. The third kappa shape index (κ3) is 3.08. The van der Waals surface area contributed by atoms with Gasteiger partial charge in [0.05, 0.1) is 5.56 Å². The van der Waals surface area contributed by atoms with Crippen LogP contribution in [0.1, 0.15) is 5.56 Å². The maximum absolute atomic E-state index is 13.8. The van der Waals surface area contributed by atoms with Gasteiger partial charge in [0, 0.05) is 14.3 Å². The number of benzene rings is 2. The highest BCUT2D eigenvalue weighted by atomic mass is 79.9. The van der Waals surface area contributed by atoms with Crippen molar-refractivity contribution in [3.63, 3.8) is 0 Å². The van der Waals surface area contributed by atoms with Gasteiger partial charge in [0.1, 0.15) is 5.82 Å². The summed E-state index contributed by atoms with van der Waals surface area (Å²) in [6.45, 7) is 0. The summed E-state index contributed by atoms with van der Waals surface area (Å²) >= 11 is 4.77. The summed E-state index contributed by atoms with van der Waals surface area (Å²) in [5, 5.41) is 11.6. The largest absolute Gasteiger partial charge is 0.409 e. The van der Waals surface area contributed by atoms with Crippen molar-refractivity contribution in [3.8, 4) is 0 Å². The van der Waals surface area contributed by atoms with E-state index < -0.39 is 5.82 Å². The lowest BCUT2D eigenvalue weighted by Gasteiger charge is -2.09. The van der Waals surface area contributed by atoms with Crippen LogP contribution in [0.15, 0.2) is 61.9 Å². The quantitative estimate of drug-likeness (QED) is 0.386. The smallest absolute Gasteiger partial charge is 0.174 e. The molecule has 2 rings (SSSR count). The Balaban J connectivity index is 2.47. The average molecular weight is 341 g/mol. The van der Waals surface area contributed by atoms with E-state index >= 15 is 0 Å². The van der Waals surface area contributed by atoms with Gasteiger partial charge in [-0.3, -0.25) is 0 Å². The van der Waals surface area contributed by atoms with E-state index in [1.54, 1.807) is 12.1 Å². The Labute approximate surface area is 122 Å². The van der Waals surface area contributed by atoms with E-state index in [1.165, 1.54) is 17.8 Å². The Bertz CT molecular complexity index is 634. The molecule has 2 aromatic rings. The second kappa shape index (κ2) is 6.08. The molecule has 98 valence electrons. The Morgan fingerprint density at radius 2 is 1.84 bits per heavy atom. The van der Waals surface area contributed by atoms with E-state index in [4.69, 9.17) is 10.9 Å². The number of nitrogens with two attached hydrogens (primary N) is 1. The minimum absolute atomic E-state index is 0.103. The molecule has 0 amide bonds. The van der Waals surface area contributed by atoms with Crippen molar-refractivity contribution in [3.05, 3.63) is 58.3 Å². The first kappa shape index (κ1) is 13.9. The summed E-state index contributed by atoms with van der Waals surface area (Å²) < 4.78 is 14.7. The standard InChI is InChI=1S/C13H10BrFN2OS/c14-8-4-1-2-6-10(8)19-11-7-3-5-9(15)12(11)13(16)17-18/h1-7,18H,(H2,16,17). The van der Waals surface area contributed by atoms with Crippen molar-refractivity contribution in [1.82, 2.24) is 0 Å². The molecule has 0 bridgehead atoms. The molecule has 3 nitrogen and oxygen atoms in total. The molecule has 0 aromatic heterocycles. The van der Waals surface area contributed by atoms with Gasteiger partial charge in [-0.25, -0.2) is 4.39 Å². The topological polar surface area (TPSA) is 58.6 Å². The lowest BCUT2D eigenvalue weighted by molar-refractivity contribution is 0.318. The molecule has 0 aliphatic heterocycles. The van der Waals surface area contributed by atoms with E-state index in [0.29, 0.717) is 4.90 Å². The minimum atomic E-state index is -0.521. The summed E-state index contributed by atoms with van der Waals surface area (Å²) in [7, 11) is 0. The average Bonchev–Trinajstić information content (AvgIpc) is 2.41. The van der Waals surface area contributed by atoms with E-state index in [2.05, 4.69) is 21.1 Å². The first-order chi connectivity index (χ1) is 9.13. The fraction of sp³-hybridized carbons (Fsp3) is 0. The van der Waals surface area contributed by atoms with Crippen molar-refractivity contribution in [2.45, 2.75) is 9.79 Å². The van der Waals surface area contributed by atoms with Crippen molar-refractivity contribution < 1.29 is 9.60 Å². The maximum atomic E-state index is 13.8. The van der Waals surface area contributed by atoms with Gasteiger partial charge >= 0.3 is 0 Å². The van der Waals surface area contributed by atoms with Crippen LogP contribution in [0.5, 0.6) is 0 Å². The van der Waals surface area contributed by atoms with Crippen LogP contribution in [0.4, 0.5) is 4.39 Å². The predicted molar refractivity (Wildman–Crippen MR) is 77.2 cm³/mol. The zero-order valence-corrected chi connectivity index (χ0v) is 12.1. The summed E-state index contributed by atoms with van der Waals surface area (Å²) in [6, 6.07) is 12.2. The molecule has 0 aliphatic carbocycles. The second-order valence-corrected chi connectivity index (χ2v) is 5.57. The minimum Gasteiger partial charge on any atom is -0.409 e. The Kier molecular flexibility index (Phi) is 4.44. The summed E-state index contributed by atoms with van der Waals surface area (Å²) in [5.41, 5.74) is 5.63. The molecule has 0 saturated carbocycles. The van der Waals surface area contributed by atoms with Gasteiger partial charge < -0.3 is 10.9 Å². The second-order valence-electron chi connectivity index (χ2n) is 3.63. The first-order valence-electron chi connectivity index (χ1n) is 5.32. The predicted octanol–water partition coefficient (Wildman–Crippen LogP) is 3.83. The number of amidine groups is 1. The van der Waals surface area contributed by atoms with Crippen LogP contribution in [0.2, 0.25) is 0 Å². The number of nitrogens with zero attached hydrogens (tertiary/aromatic N) is 1. The van der Waals surface area contributed by atoms with Gasteiger partial charge in [0.15, 0.2) is 5.84 Å². The molecule has 0 radical (unpaired) electrons. The molecule has 0 saturated heterocycles. The van der Waals surface area contributed by atoms with Crippen LogP contribution >= 0.6 is 27.7 Å². The van der Waals surface area contributed by atoms with E-state index in [1.807, 2.05) is 24.3 Å². The number of rotatable bonds is 3. The van der Waals surface area contributed by atoms with Crippen LogP contribution in [0, 0.1) is 5.82 Å². The molecule has 3 N–H and O–H groups in total. The first-order valence-corrected chi connectivity index (χ1v) is 6.93. The molecular weight excluding hydrogens is 331 g/mol. The molecule has 0 spiro atoms. The lowest BCUT2D eigenvalue weighted by Crippen LogP contribution is -2.16. The number of hydrogen-bond acceptors (Lipinski definition) is 3. The lowest BCUT2D eigenvalue weighted by atomic mass is 10.2. The van der Waals surface area contributed by atoms with E-state index in [0.717, 1.165) is 9.37 Å². The molecule has 6 heteroatoms. The molecule has 0 aliphatic rings. The van der Waals surface area contributed by atoms with Crippen LogP contribution in [0.3, 0.4) is 0 Å². The molecule has 0 unspecified atom stereocenters. The number of hydrogen-bond donors (Lipinski definition) is 2. The zero-order chi connectivity index (χ0) is 13.8. The summed E-state index contributed by atoms with van der Waals surface area (Å²) in [5.74, 6) is -0.764. The maximum Gasteiger partial charge on any atom is 0.174 e. The van der Waals surface area contributed by atoms with Gasteiger partial charge in [-0.2, -0.15) is 0 Å². The van der Waals surface area contributed by atoms with Gasteiger partial charge in [-0.05, 0) is 40.2 Å². The third-order valence-corrected chi connectivity index (χ3v) is 4.49. The van der Waals surface area contributed by atoms with Crippen molar-refractivity contribution in [2.75, 3.05) is 0 Å². The van der Waals surface area contributed by atoms with Crippen molar-refractivity contribution in [1.29, 1.82) is 0 Å². The molecule has 2 aromatic carbocycles. The van der Waals surface area contributed by atoms with Crippen LogP contribution in [-0.2, 0) is 0 Å². The summed E-state index contributed by atoms with van der Waals surface area (Å²) in [4.78, 5) is 1.50. The molecule has 0 atom stereocenters. The van der Waals surface area contributed by atoms with Crippen LogP contribution < -0.4 is 5.73 Å². The zero-order valence-electron chi connectivity index (χ0n) is 9.68. The SMILES string of the molecule is NC(=NO)c1c(F)cccc1Sc1ccccc1Br. The van der Waals surface area contributed by atoms with E-state index in [-0.39, 0.29) is 11.4 Å². The number of oxime groups is 1. The highest BCUT2D eigenvalue weighted by molar-refractivity contribution is 9.10. The third-order valence-electron chi connectivity index (χ3n) is 2.40. The van der Waals surface area contributed by atoms with E-state index in [9.17, 15) is 4.39 Å². The van der Waals surface area contributed by atoms with Crippen molar-refractivity contribution >= 4 is 33.5 Å². The van der Waals surface area contributed by atoms with Gasteiger partial charge in [0.25, 0.3) is 0 Å². The fourth-order valence-corrected chi connectivity index (χ4v) is 3.06. The van der Waals surface area contributed by atoms with Gasteiger partial charge in [-0.15, -0.1) is 0 Å². The van der Waals surface area contributed by atoms with Crippen LogP contribution in [0.25, 0.3) is 0 Å². The fourth-order valence-electron chi connectivity index (χ4n) is 1.53. The highest BCUT2D eigenvalue weighted by Crippen LogP contribution is 2.35. The molecule has 19 heavy (non-hydrogen) atoms. The Hall–Kier alpha value is -1.53. The molecule has 0 heterocycles. The van der Waals surface area contributed by atoms with Crippen LogP contribution in [-0.4, -0.2) is 11.0 Å². The van der Waals surface area contributed by atoms with Gasteiger partial charge in [-0.1, -0.05) is 35.1 Å². The normalized spacial score (nSPS) is 11.6. The molecule has 0 fully saturated rings. The molecular formula is C13H10BrFN2OS. The number of halogens is 2. The van der Waals surface area contributed by atoms with Gasteiger partial charge in [0.2, 0.25) is 0 Å². The summed E-state index contributed by atoms with van der Waals surface area (Å²) in [6.07, 6.45) is 0.